The van der Waals surface area contributed by atoms with E-state index in [0.29, 0.717) is 16.9 Å². The summed E-state index contributed by atoms with van der Waals surface area (Å²) in [5, 5.41) is 8.27. The lowest BCUT2D eigenvalue weighted by Gasteiger charge is -2.18. The molecule has 0 radical (unpaired) electrons. The fraction of sp³-hybridized carbons (Fsp3) is 0.300. The lowest BCUT2D eigenvalue weighted by molar-refractivity contribution is 0.245. The van der Waals surface area contributed by atoms with Crippen LogP contribution in [-0.4, -0.2) is 35.3 Å². The molecule has 2 aromatic carbocycles. The number of hydrogen-bond donors (Lipinski definition) is 2. The van der Waals surface area contributed by atoms with Crippen molar-refractivity contribution in [1.29, 1.82) is 0 Å². The monoisotopic (exact) mass is 414 g/mol. The number of aromatic nitrogens is 2. The second-order valence-electron chi connectivity index (χ2n) is 7.38. The van der Waals surface area contributed by atoms with Gasteiger partial charge in [0.2, 0.25) is 0 Å². The van der Waals surface area contributed by atoms with Crippen LogP contribution in [0.25, 0.3) is 10.9 Å². The summed E-state index contributed by atoms with van der Waals surface area (Å²) in [7, 11) is -2.55. The van der Waals surface area contributed by atoms with Crippen molar-refractivity contribution >= 4 is 52.3 Å². The summed E-state index contributed by atoms with van der Waals surface area (Å²) in [5.41, 5.74) is 2.81. The number of benzene rings is 2. The molecule has 8 heteroatoms. The highest BCUT2D eigenvalue weighted by Crippen LogP contribution is 2.41. The Morgan fingerprint density at radius 3 is 2.79 bits per heavy atom. The van der Waals surface area contributed by atoms with Crippen molar-refractivity contribution in [1.82, 2.24) is 9.97 Å². The first kappa shape index (κ1) is 19.1. The number of anilines is 3. The lowest BCUT2D eigenvalue weighted by atomic mass is 10.2. The molecule has 0 fully saturated rings. The van der Waals surface area contributed by atoms with Crippen LogP contribution in [0.4, 0.5) is 17.2 Å². The molecule has 0 bridgehead atoms. The number of ether oxygens (including phenoxy) is 1. The minimum atomic E-state index is -2.55. The van der Waals surface area contributed by atoms with Crippen LogP contribution in [0.2, 0.25) is 0 Å². The first-order valence-electron chi connectivity index (χ1n) is 9.10. The molecular weight excluding hydrogens is 391 g/mol. The van der Waals surface area contributed by atoms with Crippen molar-refractivity contribution in [3.63, 3.8) is 0 Å². The van der Waals surface area contributed by atoms with Gasteiger partial charge in [-0.2, -0.15) is 0 Å². The second-order valence-corrected chi connectivity index (χ2v) is 11.6. The Labute approximate surface area is 168 Å². The number of nitrogens with zero attached hydrogens (tertiary/aromatic N) is 2. The maximum atomic E-state index is 12.9. The number of nitrogens with one attached hydrogen (secondary N) is 2. The summed E-state index contributed by atoms with van der Waals surface area (Å²) in [4.78, 5) is 10.1. The zero-order valence-electron chi connectivity index (χ0n) is 16.3. The predicted octanol–water partition coefficient (Wildman–Crippen LogP) is 4.88. The Morgan fingerprint density at radius 2 is 2.04 bits per heavy atom. The topological polar surface area (TPSA) is 76.1 Å². The SMILES string of the molecule is CC(C)Oc1cc2ncnc(Nc3ccc4c(c3)NCS4)c2cc1P(C)(C)=O. The molecule has 2 heterocycles. The van der Waals surface area contributed by atoms with Crippen LogP contribution >= 0.6 is 18.9 Å². The molecule has 0 spiro atoms. The summed E-state index contributed by atoms with van der Waals surface area (Å²) >= 11 is 1.79. The molecule has 1 aliphatic heterocycles. The van der Waals surface area contributed by atoms with Crippen molar-refractivity contribution in [3.8, 4) is 5.75 Å². The van der Waals surface area contributed by atoms with Gasteiger partial charge in [0, 0.05) is 22.0 Å². The highest BCUT2D eigenvalue weighted by molar-refractivity contribution is 7.99. The van der Waals surface area contributed by atoms with Crippen LogP contribution in [0.5, 0.6) is 5.75 Å². The number of thioether (sulfide) groups is 1. The summed E-state index contributed by atoms with van der Waals surface area (Å²) in [6.45, 7) is 7.42. The van der Waals surface area contributed by atoms with Gasteiger partial charge in [-0.15, -0.1) is 11.8 Å². The first-order valence-corrected chi connectivity index (χ1v) is 12.7. The third kappa shape index (κ3) is 3.82. The molecule has 0 aliphatic carbocycles. The minimum absolute atomic E-state index is 0.0148. The smallest absolute Gasteiger partial charge is 0.141 e. The van der Waals surface area contributed by atoms with Gasteiger partial charge in [-0.05, 0) is 51.4 Å². The first-order chi connectivity index (χ1) is 13.3. The highest BCUT2D eigenvalue weighted by Gasteiger charge is 2.21. The van der Waals surface area contributed by atoms with Crippen LogP contribution < -0.4 is 20.7 Å². The molecule has 0 unspecified atom stereocenters. The number of rotatable bonds is 5. The van der Waals surface area contributed by atoms with Crippen LogP contribution in [0.1, 0.15) is 13.8 Å². The van der Waals surface area contributed by atoms with E-state index >= 15 is 0 Å². The van der Waals surface area contributed by atoms with Gasteiger partial charge >= 0.3 is 0 Å². The number of fused-ring (bicyclic) bond motifs is 2. The average Bonchev–Trinajstić information content (AvgIpc) is 3.07. The average molecular weight is 414 g/mol. The van der Waals surface area contributed by atoms with E-state index in [4.69, 9.17) is 4.74 Å². The van der Waals surface area contributed by atoms with E-state index in [1.165, 1.54) is 11.2 Å². The Bertz CT molecular complexity index is 1100. The molecule has 1 aliphatic rings. The molecular formula is C20H23N4O2PS. The lowest BCUT2D eigenvalue weighted by Crippen LogP contribution is -2.15. The van der Waals surface area contributed by atoms with E-state index in [-0.39, 0.29) is 6.10 Å². The fourth-order valence-electron chi connectivity index (χ4n) is 3.14. The zero-order chi connectivity index (χ0) is 19.9. The van der Waals surface area contributed by atoms with E-state index in [0.717, 1.165) is 28.2 Å². The van der Waals surface area contributed by atoms with Crippen molar-refractivity contribution in [2.24, 2.45) is 0 Å². The van der Waals surface area contributed by atoms with Crippen molar-refractivity contribution in [3.05, 3.63) is 36.7 Å². The molecule has 0 atom stereocenters. The molecule has 2 N–H and O–H groups in total. The highest BCUT2D eigenvalue weighted by atomic mass is 32.2. The molecule has 3 aromatic rings. The second kappa shape index (κ2) is 7.30. The largest absolute Gasteiger partial charge is 0.490 e. The van der Waals surface area contributed by atoms with Crippen LogP contribution in [0.15, 0.2) is 41.6 Å². The van der Waals surface area contributed by atoms with Gasteiger partial charge in [0.15, 0.2) is 0 Å². The number of hydrogen-bond acceptors (Lipinski definition) is 7. The van der Waals surface area contributed by atoms with E-state index in [9.17, 15) is 4.57 Å². The maximum absolute atomic E-state index is 12.9. The van der Waals surface area contributed by atoms with E-state index in [2.05, 4.69) is 32.7 Å². The summed E-state index contributed by atoms with van der Waals surface area (Å²) in [6.07, 6.45) is 1.52. The van der Waals surface area contributed by atoms with Crippen molar-refractivity contribution in [2.45, 2.75) is 24.8 Å². The van der Waals surface area contributed by atoms with Crippen molar-refractivity contribution in [2.75, 3.05) is 29.8 Å². The Balaban J connectivity index is 1.80. The normalized spacial score (nSPS) is 13.5. The van der Waals surface area contributed by atoms with Gasteiger partial charge < -0.3 is 19.9 Å². The van der Waals surface area contributed by atoms with E-state index in [1.807, 2.05) is 32.0 Å². The fourth-order valence-corrected chi connectivity index (χ4v) is 5.06. The molecule has 0 amide bonds. The molecule has 4 rings (SSSR count). The maximum Gasteiger partial charge on any atom is 0.141 e. The third-order valence-electron chi connectivity index (χ3n) is 4.39. The molecule has 1 aromatic heterocycles. The Hall–Kier alpha value is -2.24. The molecule has 6 nitrogen and oxygen atoms in total. The van der Waals surface area contributed by atoms with Crippen LogP contribution in [-0.2, 0) is 4.57 Å². The van der Waals surface area contributed by atoms with Gasteiger partial charge in [-0.3, -0.25) is 0 Å². The molecule has 0 saturated carbocycles. The van der Waals surface area contributed by atoms with Crippen LogP contribution in [0, 0.1) is 0 Å². The zero-order valence-corrected chi connectivity index (χ0v) is 18.0. The summed E-state index contributed by atoms with van der Waals surface area (Å²) in [6, 6.07) is 9.97. The quantitative estimate of drug-likeness (QED) is 0.576. The van der Waals surface area contributed by atoms with Crippen LogP contribution in [0.3, 0.4) is 0 Å². The minimum Gasteiger partial charge on any atom is -0.490 e. The molecule has 0 saturated heterocycles. The van der Waals surface area contributed by atoms with Gasteiger partial charge in [-0.25, -0.2) is 9.97 Å². The van der Waals surface area contributed by atoms with Gasteiger partial charge in [0.25, 0.3) is 0 Å². The molecule has 146 valence electrons. The molecule has 28 heavy (non-hydrogen) atoms. The van der Waals surface area contributed by atoms with E-state index in [1.54, 1.807) is 25.1 Å². The summed E-state index contributed by atoms with van der Waals surface area (Å²) in [5.74, 6) is 2.19. The summed E-state index contributed by atoms with van der Waals surface area (Å²) < 4.78 is 18.8. The Morgan fingerprint density at radius 1 is 1.21 bits per heavy atom. The third-order valence-corrected chi connectivity index (χ3v) is 6.86. The predicted molar refractivity (Wildman–Crippen MR) is 118 cm³/mol. The Kier molecular flexibility index (Phi) is 4.98. The standard InChI is InChI=1S/C20H23N4O2PS/c1-12(2)26-17-9-15-14(8-18(17)27(3,4)25)20(22-10-21-15)24-13-5-6-19-16(7-13)23-11-28-19/h5-10,12,23H,11H2,1-4H3,(H,21,22,24). The van der Waals surface area contributed by atoms with E-state index < -0.39 is 7.14 Å². The van der Waals surface area contributed by atoms with Crippen molar-refractivity contribution < 1.29 is 9.30 Å². The van der Waals surface area contributed by atoms with Gasteiger partial charge in [0.1, 0.15) is 25.0 Å². The van der Waals surface area contributed by atoms with Gasteiger partial charge in [-0.1, -0.05) is 0 Å². The van der Waals surface area contributed by atoms with Gasteiger partial charge in [0.05, 0.1) is 28.5 Å².